The number of hydrogen-bond acceptors (Lipinski definition) is 3. The molecule has 6 heteroatoms. The van der Waals surface area contributed by atoms with Crippen LogP contribution in [0.4, 0.5) is 14.5 Å². The van der Waals surface area contributed by atoms with Gasteiger partial charge < -0.3 is 10.6 Å². The summed E-state index contributed by atoms with van der Waals surface area (Å²) in [6.45, 7) is 0.401. The molecule has 1 aliphatic rings. The van der Waals surface area contributed by atoms with E-state index in [0.717, 1.165) is 16.2 Å². The number of anilines is 1. The Morgan fingerprint density at radius 1 is 1.14 bits per heavy atom. The lowest BCUT2D eigenvalue weighted by atomic mass is 10.1. The molecular formula is C15H12BrF2N3. The quantitative estimate of drug-likeness (QED) is 0.897. The Hall–Kier alpha value is -1.95. The zero-order valence-electron chi connectivity index (χ0n) is 10.9. The molecule has 0 radical (unpaired) electrons. The first-order chi connectivity index (χ1) is 10.1. The van der Waals surface area contributed by atoms with Crippen molar-refractivity contribution >= 4 is 27.6 Å². The van der Waals surface area contributed by atoms with Crippen LogP contribution in [0.3, 0.4) is 0 Å². The third kappa shape index (κ3) is 2.51. The Kier molecular flexibility index (Phi) is 3.63. The zero-order chi connectivity index (χ0) is 15.0. The van der Waals surface area contributed by atoms with Crippen LogP contribution in [0.2, 0.25) is 0 Å². The molecule has 3 nitrogen and oxygen atoms in total. The van der Waals surface area contributed by atoms with Crippen LogP contribution < -0.4 is 10.6 Å². The zero-order valence-corrected chi connectivity index (χ0v) is 12.5. The lowest BCUT2D eigenvalue weighted by molar-refractivity contribution is 0.505. The Morgan fingerprint density at radius 3 is 2.62 bits per heavy atom. The molecule has 0 amide bonds. The van der Waals surface area contributed by atoms with Gasteiger partial charge in [-0.15, -0.1) is 0 Å². The molecule has 0 saturated carbocycles. The van der Waals surface area contributed by atoms with Gasteiger partial charge in [-0.2, -0.15) is 0 Å². The number of para-hydroxylation sites is 1. The second-order valence-corrected chi connectivity index (χ2v) is 5.56. The van der Waals surface area contributed by atoms with E-state index in [1.165, 1.54) is 6.07 Å². The van der Waals surface area contributed by atoms with Crippen molar-refractivity contribution in [1.82, 2.24) is 0 Å². The number of nitrogens with two attached hydrogens (primary N) is 1. The molecule has 0 saturated heterocycles. The Labute approximate surface area is 129 Å². The van der Waals surface area contributed by atoms with Gasteiger partial charge in [-0.25, -0.2) is 8.78 Å². The third-order valence-electron chi connectivity index (χ3n) is 3.43. The predicted molar refractivity (Wildman–Crippen MR) is 82.2 cm³/mol. The molecule has 0 aromatic heterocycles. The van der Waals surface area contributed by atoms with Crippen molar-refractivity contribution in [2.45, 2.75) is 6.04 Å². The van der Waals surface area contributed by atoms with Gasteiger partial charge in [0.1, 0.15) is 0 Å². The van der Waals surface area contributed by atoms with Crippen LogP contribution in [0.5, 0.6) is 0 Å². The molecule has 0 bridgehead atoms. The number of benzene rings is 2. The highest BCUT2D eigenvalue weighted by molar-refractivity contribution is 9.10. The van der Waals surface area contributed by atoms with E-state index in [1.54, 1.807) is 6.07 Å². The summed E-state index contributed by atoms with van der Waals surface area (Å²) in [5.74, 6) is -1.38. The van der Waals surface area contributed by atoms with Gasteiger partial charge in [-0.1, -0.05) is 18.2 Å². The van der Waals surface area contributed by atoms with Crippen LogP contribution in [0.1, 0.15) is 11.6 Å². The molecule has 1 heterocycles. The fraction of sp³-hybridized carbons (Fsp3) is 0.133. The average molecular weight is 352 g/mol. The summed E-state index contributed by atoms with van der Waals surface area (Å²) >= 11 is 3.47. The summed E-state index contributed by atoms with van der Waals surface area (Å²) in [7, 11) is 0. The first kappa shape index (κ1) is 14.0. The van der Waals surface area contributed by atoms with Crippen LogP contribution in [-0.4, -0.2) is 12.5 Å². The highest BCUT2D eigenvalue weighted by Gasteiger charge is 2.30. The topological polar surface area (TPSA) is 41.6 Å². The van der Waals surface area contributed by atoms with Gasteiger partial charge in [0.15, 0.2) is 17.6 Å². The maximum Gasteiger partial charge on any atom is 0.196 e. The molecule has 108 valence electrons. The minimum Gasteiger partial charge on any atom is -0.369 e. The van der Waals surface area contributed by atoms with Gasteiger partial charge in [-0.05, 0) is 45.8 Å². The fourth-order valence-electron chi connectivity index (χ4n) is 2.41. The number of rotatable bonds is 2. The van der Waals surface area contributed by atoms with Crippen LogP contribution in [0, 0.1) is 11.6 Å². The number of hydrogen-bond donors (Lipinski definition) is 1. The monoisotopic (exact) mass is 351 g/mol. The first-order valence-electron chi connectivity index (χ1n) is 6.36. The SMILES string of the molecule is NC1=NCC(c2ccc(F)c(F)c2)N1c1ccccc1Br. The van der Waals surface area contributed by atoms with Crippen molar-refractivity contribution < 1.29 is 8.78 Å². The van der Waals surface area contributed by atoms with Crippen LogP contribution in [0.15, 0.2) is 51.9 Å². The minimum absolute atomic E-state index is 0.251. The number of guanidine groups is 1. The highest BCUT2D eigenvalue weighted by Crippen LogP contribution is 2.35. The molecule has 3 rings (SSSR count). The lowest BCUT2D eigenvalue weighted by Gasteiger charge is -2.27. The van der Waals surface area contributed by atoms with Crippen LogP contribution in [-0.2, 0) is 0 Å². The van der Waals surface area contributed by atoms with E-state index in [-0.39, 0.29) is 6.04 Å². The summed E-state index contributed by atoms with van der Waals surface area (Å²) in [6.07, 6.45) is 0. The predicted octanol–water partition coefficient (Wildman–Crippen LogP) is 3.60. The molecule has 1 unspecified atom stereocenters. The number of aliphatic imine (C=N–C) groups is 1. The van der Waals surface area contributed by atoms with E-state index in [0.29, 0.717) is 18.1 Å². The van der Waals surface area contributed by atoms with Crippen LogP contribution in [0.25, 0.3) is 0 Å². The van der Waals surface area contributed by atoms with Crippen molar-refractivity contribution in [1.29, 1.82) is 0 Å². The van der Waals surface area contributed by atoms with Gasteiger partial charge in [0.05, 0.1) is 18.3 Å². The molecule has 0 spiro atoms. The van der Waals surface area contributed by atoms with E-state index >= 15 is 0 Å². The van der Waals surface area contributed by atoms with Crippen molar-refractivity contribution in [3.8, 4) is 0 Å². The Balaban J connectivity index is 2.03. The second kappa shape index (κ2) is 5.44. The highest BCUT2D eigenvalue weighted by atomic mass is 79.9. The van der Waals surface area contributed by atoms with Gasteiger partial charge in [-0.3, -0.25) is 4.99 Å². The smallest absolute Gasteiger partial charge is 0.196 e. The summed E-state index contributed by atoms with van der Waals surface area (Å²) < 4.78 is 27.4. The van der Waals surface area contributed by atoms with Crippen molar-refractivity contribution in [3.05, 3.63) is 64.1 Å². The van der Waals surface area contributed by atoms with E-state index in [9.17, 15) is 8.78 Å². The maximum absolute atomic E-state index is 13.5. The molecule has 1 atom stereocenters. The van der Waals surface area contributed by atoms with Crippen molar-refractivity contribution in [2.75, 3.05) is 11.4 Å². The van der Waals surface area contributed by atoms with E-state index in [2.05, 4.69) is 20.9 Å². The lowest BCUT2D eigenvalue weighted by Crippen LogP contribution is -2.36. The summed E-state index contributed by atoms with van der Waals surface area (Å²) in [5, 5.41) is 0. The molecular weight excluding hydrogens is 340 g/mol. The molecule has 21 heavy (non-hydrogen) atoms. The standard InChI is InChI=1S/C15H12BrF2N3/c16-10-3-1-2-4-13(10)21-14(8-20-15(21)19)9-5-6-11(17)12(18)7-9/h1-7,14H,8H2,(H2,19,20). The largest absolute Gasteiger partial charge is 0.369 e. The van der Waals surface area contributed by atoms with Crippen LogP contribution >= 0.6 is 15.9 Å². The third-order valence-corrected chi connectivity index (χ3v) is 4.10. The average Bonchev–Trinajstić information content (AvgIpc) is 2.84. The number of halogens is 3. The first-order valence-corrected chi connectivity index (χ1v) is 7.16. The summed E-state index contributed by atoms with van der Waals surface area (Å²) in [5.41, 5.74) is 7.43. The minimum atomic E-state index is -0.870. The Bertz CT molecular complexity index is 718. The molecule has 0 aliphatic carbocycles. The van der Waals surface area contributed by atoms with Crippen molar-refractivity contribution in [2.24, 2.45) is 10.7 Å². The van der Waals surface area contributed by atoms with E-state index in [1.807, 2.05) is 29.2 Å². The molecule has 2 aromatic carbocycles. The van der Waals surface area contributed by atoms with E-state index < -0.39 is 11.6 Å². The normalized spacial score (nSPS) is 18.0. The van der Waals surface area contributed by atoms with Gasteiger partial charge >= 0.3 is 0 Å². The Morgan fingerprint density at radius 2 is 1.90 bits per heavy atom. The summed E-state index contributed by atoms with van der Waals surface area (Å²) in [4.78, 5) is 6.04. The maximum atomic E-state index is 13.5. The van der Waals surface area contributed by atoms with Gasteiger partial charge in [0, 0.05) is 4.47 Å². The van der Waals surface area contributed by atoms with Crippen molar-refractivity contribution in [3.63, 3.8) is 0 Å². The molecule has 2 N–H and O–H groups in total. The molecule has 1 aliphatic heterocycles. The van der Waals surface area contributed by atoms with Gasteiger partial charge in [0.25, 0.3) is 0 Å². The number of nitrogens with zero attached hydrogens (tertiary/aromatic N) is 2. The summed E-state index contributed by atoms with van der Waals surface area (Å²) in [6, 6.07) is 11.2. The second-order valence-electron chi connectivity index (χ2n) is 4.71. The van der Waals surface area contributed by atoms with E-state index in [4.69, 9.17) is 5.73 Å². The molecule has 0 fully saturated rings. The molecule has 2 aromatic rings. The van der Waals surface area contributed by atoms with Gasteiger partial charge in [0.2, 0.25) is 0 Å². The fourth-order valence-corrected chi connectivity index (χ4v) is 2.89.